The normalized spacial score (nSPS) is 12.9. The van der Waals surface area contributed by atoms with Crippen LogP contribution in [0.15, 0.2) is 22.7 Å². The average molecular weight is 341 g/mol. The van der Waals surface area contributed by atoms with Gasteiger partial charge in [-0.1, -0.05) is 15.9 Å². The molecule has 7 heteroatoms. The molecule has 1 aromatic carbocycles. The fraction of sp³-hybridized carbons (Fsp3) is 0.500. The number of hydrazine groups is 1. The summed E-state index contributed by atoms with van der Waals surface area (Å²) < 4.78 is 42.4. The fourth-order valence-electron chi connectivity index (χ4n) is 1.61. The van der Waals surface area contributed by atoms with Gasteiger partial charge in [-0.3, -0.25) is 11.3 Å². The van der Waals surface area contributed by atoms with Crippen LogP contribution in [0.25, 0.3) is 0 Å². The molecular weight excluding hydrogens is 325 g/mol. The first-order valence-electron chi connectivity index (χ1n) is 5.79. The molecule has 0 bridgehead atoms. The molecule has 108 valence electrons. The molecule has 0 aromatic heterocycles. The summed E-state index contributed by atoms with van der Waals surface area (Å²) in [5.74, 6) is 5.06. The van der Waals surface area contributed by atoms with Crippen molar-refractivity contribution in [3.63, 3.8) is 0 Å². The first-order chi connectivity index (χ1) is 9.02. The number of benzene rings is 1. The third-order valence-electron chi connectivity index (χ3n) is 2.56. The average Bonchev–Trinajstić information content (AvgIpc) is 2.37. The molecule has 0 saturated carbocycles. The zero-order chi connectivity index (χ0) is 14.3. The lowest BCUT2D eigenvalue weighted by molar-refractivity contribution is 0.0144. The highest BCUT2D eigenvalue weighted by molar-refractivity contribution is 9.10. The van der Waals surface area contributed by atoms with E-state index in [1.807, 2.05) is 0 Å². The number of nitrogens with one attached hydrogen (secondary N) is 1. The van der Waals surface area contributed by atoms with E-state index in [1.54, 1.807) is 6.07 Å². The number of nitrogens with two attached hydrogens (primary N) is 1. The molecule has 0 aliphatic rings. The predicted molar refractivity (Wildman–Crippen MR) is 70.4 cm³/mol. The van der Waals surface area contributed by atoms with Crippen molar-refractivity contribution in [3.05, 3.63) is 34.1 Å². The van der Waals surface area contributed by atoms with E-state index in [2.05, 4.69) is 21.4 Å². The number of hydrogen-bond donors (Lipinski definition) is 2. The summed E-state index contributed by atoms with van der Waals surface area (Å²) in [6.07, 6.45) is -1.53. The standard InChI is InChI=1S/C12H16BrF3N2O/c13-11-2-1-9(14)5-8(11)6-10(18-17)3-4-19-7-12(15)16/h1-2,5,10,12,18H,3-4,6-7,17H2. The van der Waals surface area contributed by atoms with Crippen molar-refractivity contribution >= 4 is 15.9 Å². The van der Waals surface area contributed by atoms with Crippen molar-refractivity contribution in [2.75, 3.05) is 13.2 Å². The highest BCUT2D eigenvalue weighted by Gasteiger charge is 2.11. The molecular formula is C12H16BrF3N2O. The van der Waals surface area contributed by atoms with Gasteiger partial charge in [0.2, 0.25) is 0 Å². The maximum absolute atomic E-state index is 13.1. The highest BCUT2D eigenvalue weighted by Crippen LogP contribution is 2.20. The maximum atomic E-state index is 13.1. The smallest absolute Gasteiger partial charge is 0.261 e. The summed E-state index contributed by atoms with van der Waals surface area (Å²) in [5.41, 5.74) is 3.34. The van der Waals surface area contributed by atoms with E-state index in [-0.39, 0.29) is 18.5 Å². The van der Waals surface area contributed by atoms with Crippen LogP contribution in [0.5, 0.6) is 0 Å². The predicted octanol–water partition coefficient (Wildman–Crippen LogP) is 2.63. The van der Waals surface area contributed by atoms with Crippen molar-refractivity contribution in [1.29, 1.82) is 0 Å². The SMILES string of the molecule is NNC(CCOCC(F)F)Cc1cc(F)ccc1Br. The van der Waals surface area contributed by atoms with Crippen LogP contribution >= 0.6 is 15.9 Å². The molecule has 0 aliphatic carbocycles. The van der Waals surface area contributed by atoms with E-state index in [0.717, 1.165) is 10.0 Å². The Kier molecular flexibility index (Phi) is 7.37. The molecule has 0 spiro atoms. The highest BCUT2D eigenvalue weighted by atomic mass is 79.9. The lowest BCUT2D eigenvalue weighted by atomic mass is 10.0. The van der Waals surface area contributed by atoms with E-state index >= 15 is 0 Å². The third kappa shape index (κ3) is 6.38. The van der Waals surface area contributed by atoms with Crippen LogP contribution in [0.1, 0.15) is 12.0 Å². The van der Waals surface area contributed by atoms with Crippen LogP contribution in [-0.2, 0) is 11.2 Å². The summed E-state index contributed by atoms with van der Waals surface area (Å²) >= 11 is 3.32. The molecule has 3 nitrogen and oxygen atoms in total. The molecule has 1 unspecified atom stereocenters. The Hall–Kier alpha value is -0.630. The molecule has 0 radical (unpaired) electrons. The van der Waals surface area contributed by atoms with Crippen molar-refractivity contribution in [2.45, 2.75) is 25.3 Å². The minimum Gasteiger partial charge on any atom is -0.375 e. The molecule has 0 amide bonds. The number of rotatable bonds is 8. The number of ether oxygens (including phenoxy) is 1. The summed E-state index contributed by atoms with van der Waals surface area (Å²) in [4.78, 5) is 0. The van der Waals surface area contributed by atoms with E-state index in [9.17, 15) is 13.2 Å². The first-order valence-corrected chi connectivity index (χ1v) is 6.58. The lowest BCUT2D eigenvalue weighted by Crippen LogP contribution is -2.37. The van der Waals surface area contributed by atoms with E-state index in [4.69, 9.17) is 10.6 Å². The Morgan fingerprint density at radius 3 is 2.74 bits per heavy atom. The van der Waals surface area contributed by atoms with Crippen molar-refractivity contribution in [2.24, 2.45) is 5.84 Å². The van der Waals surface area contributed by atoms with Crippen LogP contribution < -0.4 is 11.3 Å². The van der Waals surface area contributed by atoms with Crippen LogP contribution in [0.4, 0.5) is 13.2 Å². The van der Waals surface area contributed by atoms with Crippen molar-refractivity contribution in [3.8, 4) is 0 Å². The second-order valence-electron chi connectivity index (χ2n) is 4.06. The Labute approximate surface area is 118 Å². The second kappa shape index (κ2) is 8.52. The Balaban J connectivity index is 2.45. The molecule has 1 rings (SSSR count). The summed E-state index contributed by atoms with van der Waals surface area (Å²) in [5, 5.41) is 0. The van der Waals surface area contributed by atoms with Gasteiger partial charge in [-0.25, -0.2) is 13.2 Å². The van der Waals surface area contributed by atoms with E-state index < -0.39 is 13.0 Å². The number of hydrogen-bond acceptors (Lipinski definition) is 3. The minimum absolute atomic E-state index is 0.171. The summed E-state index contributed by atoms with van der Waals surface area (Å²) in [6.45, 7) is -0.410. The quantitative estimate of drug-likeness (QED) is 0.434. The van der Waals surface area contributed by atoms with Gasteiger partial charge in [0.15, 0.2) is 0 Å². The van der Waals surface area contributed by atoms with Crippen LogP contribution in [-0.4, -0.2) is 25.7 Å². The van der Waals surface area contributed by atoms with Crippen LogP contribution in [0.2, 0.25) is 0 Å². The minimum atomic E-state index is -2.47. The maximum Gasteiger partial charge on any atom is 0.261 e. The fourth-order valence-corrected chi connectivity index (χ4v) is 2.02. The van der Waals surface area contributed by atoms with Gasteiger partial charge in [0, 0.05) is 17.1 Å². The van der Waals surface area contributed by atoms with Gasteiger partial charge >= 0.3 is 0 Å². The molecule has 19 heavy (non-hydrogen) atoms. The van der Waals surface area contributed by atoms with Gasteiger partial charge in [0.05, 0.1) is 0 Å². The van der Waals surface area contributed by atoms with Crippen LogP contribution in [0.3, 0.4) is 0 Å². The topological polar surface area (TPSA) is 47.3 Å². The van der Waals surface area contributed by atoms with Gasteiger partial charge in [0.25, 0.3) is 6.43 Å². The molecule has 1 aromatic rings. The Morgan fingerprint density at radius 1 is 1.37 bits per heavy atom. The lowest BCUT2D eigenvalue weighted by Gasteiger charge is -2.17. The number of alkyl halides is 2. The molecule has 0 heterocycles. The molecule has 0 saturated heterocycles. The Morgan fingerprint density at radius 2 is 2.11 bits per heavy atom. The Bertz CT molecular complexity index is 393. The summed E-state index contributed by atoms with van der Waals surface area (Å²) in [6, 6.07) is 4.21. The third-order valence-corrected chi connectivity index (χ3v) is 3.34. The van der Waals surface area contributed by atoms with Gasteiger partial charge in [-0.2, -0.15) is 0 Å². The summed E-state index contributed by atoms with van der Waals surface area (Å²) in [7, 11) is 0. The molecule has 0 aliphatic heterocycles. The van der Waals surface area contributed by atoms with Crippen molar-refractivity contribution in [1.82, 2.24) is 5.43 Å². The van der Waals surface area contributed by atoms with E-state index in [0.29, 0.717) is 12.8 Å². The zero-order valence-electron chi connectivity index (χ0n) is 10.2. The van der Waals surface area contributed by atoms with Gasteiger partial charge in [0.1, 0.15) is 12.4 Å². The van der Waals surface area contributed by atoms with Gasteiger partial charge in [-0.15, -0.1) is 0 Å². The number of halogens is 4. The molecule has 1 atom stereocenters. The second-order valence-corrected chi connectivity index (χ2v) is 4.91. The van der Waals surface area contributed by atoms with E-state index in [1.165, 1.54) is 12.1 Å². The van der Waals surface area contributed by atoms with Crippen LogP contribution in [0, 0.1) is 5.82 Å². The molecule has 0 fully saturated rings. The largest absolute Gasteiger partial charge is 0.375 e. The van der Waals surface area contributed by atoms with Crippen molar-refractivity contribution < 1.29 is 17.9 Å². The van der Waals surface area contributed by atoms with Gasteiger partial charge < -0.3 is 4.74 Å². The monoisotopic (exact) mass is 340 g/mol. The van der Waals surface area contributed by atoms with Gasteiger partial charge in [-0.05, 0) is 36.6 Å². The zero-order valence-corrected chi connectivity index (χ0v) is 11.8. The molecule has 3 N–H and O–H groups in total. The first kappa shape index (κ1) is 16.4.